The summed E-state index contributed by atoms with van der Waals surface area (Å²) >= 11 is 0. The zero-order valence-electron chi connectivity index (χ0n) is 25.0. The topological polar surface area (TPSA) is 54.0 Å². The molecule has 2 unspecified atom stereocenters. The first-order valence-corrected chi connectivity index (χ1v) is 15.8. The number of likely N-dealkylation sites (tertiary alicyclic amines) is 1. The molecule has 2 N–H and O–H groups in total. The van der Waals surface area contributed by atoms with E-state index in [-0.39, 0.29) is 0 Å². The van der Waals surface area contributed by atoms with Gasteiger partial charge in [-0.05, 0) is 117 Å². The molecule has 5 nitrogen and oxygen atoms in total. The fraction of sp³-hybridized carbons (Fsp3) is 0.500. The van der Waals surface area contributed by atoms with Crippen molar-refractivity contribution in [3.63, 3.8) is 0 Å². The number of ether oxygens (including phenoxy) is 2. The minimum absolute atomic E-state index is 0.313. The highest BCUT2D eigenvalue weighted by molar-refractivity contribution is 5.58. The summed E-state index contributed by atoms with van der Waals surface area (Å²) in [6.07, 6.45) is 11.8. The number of fused-ring (bicyclic) bond motifs is 1. The Bertz CT molecular complexity index is 1230. The first kappa shape index (κ1) is 29.3. The molecule has 0 spiro atoms. The largest absolute Gasteiger partial charge is 0.508 e. The Hall–Kier alpha value is -3.18. The number of phenolic OH excluding ortho intramolecular Hbond substituents is 1. The molecule has 0 aromatic heterocycles. The minimum Gasteiger partial charge on any atom is -0.508 e. The van der Waals surface area contributed by atoms with Crippen LogP contribution in [0.1, 0.15) is 80.0 Å². The van der Waals surface area contributed by atoms with Crippen molar-refractivity contribution in [1.82, 2.24) is 4.90 Å². The quantitative estimate of drug-likeness (QED) is 0.253. The van der Waals surface area contributed by atoms with Crippen molar-refractivity contribution < 1.29 is 14.6 Å². The van der Waals surface area contributed by atoms with Crippen molar-refractivity contribution in [3.05, 3.63) is 82.9 Å². The molecule has 1 saturated heterocycles. The minimum atomic E-state index is 0.313. The van der Waals surface area contributed by atoms with Crippen LogP contribution in [0.2, 0.25) is 0 Å². The van der Waals surface area contributed by atoms with E-state index in [1.165, 1.54) is 73.1 Å². The lowest BCUT2D eigenvalue weighted by Crippen LogP contribution is -2.31. The van der Waals surface area contributed by atoms with Crippen molar-refractivity contribution in [3.8, 4) is 17.2 Å². The average molecular weight is 557 g/mol. The first-order chi connectivity index (χ1) is 20.1. The summed E-state index contributed by atoms with van der Waals surface area (Å²) in [6, 6.07) is 21.3. The van der Waals surface area contributed by atoms with Gasteiger partial charge in [-0.2, -0.15) is 0 Å². The Morgan fingerprint density at radius 3 is 2.41 bits per heavy atom. The van der Waals surface area contributed by atoms with Gasteiger partial charge < -0.3 is 19.9 Å². The number of rotatable bonds is 11. The van der Waals surface area contributed by atoms with E-state index in [0.717, 1.165) is 56.8 Å². The summed E-state index contributed by atoms with van der Waals surface area (Å²) in [4.78, 5) is 2.56. The van der Waals surface area contributed by atoms with Gasteiger partial charge in [0.2, 0.25) is 0 Å². The molecule has 1 heterocycles. The lowest BCUT2D eigenvalue weighted by Gasteiger charge is -2.29. The molecular weight excluding hydrogens is 508 g/mol. The van der Waals surface area contributed by atoms with Gasteiger partial charge >= 0.3 is 0 Å². The molecule has 0 radical (unpaired) electrons. The van der Waals surface area contributed by atoms with Crippen LogP contribution in [-0.2, 0) is 19.3 Å². The fourth-order valence-corrected chi connectivity index (χ4v) is 6.50. The lowest BCUT2D eigenvalue weighted by molar-refractivity contribution is 0.195. The Morgan fingerprint density at radius 2 is 1.66 bits per heavy atom. The summed E-state index contributed by atoms with van der Waals surface area (Å²) in [5.41, 5.74) is 6.47. The third kappa shape index (κ3) is 8.19. The van der Waals surface area contributed by atoms with Crippen LogP contribution in [-0.4, -0.2) is 49.4 Å². The van der Waals surface area contributed by atoms with Crippen LogP contribution in [0.25, 0.3) is 0 Å². The highest BCUT2D eigenvalue weighted by Gasteiger charge is 2.24. The predicted molar refractivity (Wildman–Crippen MR) is 169 cm³/mol. The normalized spacial score (nSPS) is 18.5. The zero-order chi connectivity index (χ0) is 28.4. The van der Waals surface area contributed by atoms with E-state index in [9.17, 15) is 5.11 Å². The number of hydrogen-bond donors (Lipinski definition) is 2. The summed E-state index contributed by atoms with van der Waals surface area (Å²) in [6.45, 7) is 6.44. The second kappa shape index (κ2) is 14.6. The van der Waals surface area contributed by atoms with Gasteiger partial charge in [0.15, 0.2) is 0 Å². The number of methoxy groups -OCH3 is 1. The fourth-order valence-electron chi connectivity index (χ4n) is 6.50. The Morgan fingerprint density at radius 1 is 0.902 bits per heavy atom. The Labute approximate surface area is 246 Å². The maximum Gasteiger partial charge on any atom is 0.120 e. The molecule has 5 heteroatoms. The Balaban J connectivity index is 1.19. The van der Waals surface area contributed by atoms with Gasteiger partial charge in [0, 0.05) is 24.3 Å². The number of anilines is 1. The molecule has 1 aliphatic carbocycles. The van der Waals surface area contributed by atoms with Gasteiger partial charge in [-0.1, -0.05) is 50.5 Å². The first-order valence-electron chi connectivity index (χ1n) is 15.8. The van der Waals surface area contributed by atoms with Gasteiger partial charge in [-0.3, -0.25) is 4.90 Å². The molecule has 2 atom stereocenters. The standard InChI is InChI=1S/C36H48N2O3/c1-3-31(23-27-9-15-33(16-10-27)41-22-21-38-19-7-5-4-6-8-20-38)37-36-26-34(40-2)17-18-35(36)30-12-11-29-25-32(39)14-13-28(29)24-30/h9-10,13-18,25-26,30-31,37,39H,3-8,11-12,19-24H2,1-2H3. The highest BCUT2D eigenvalue weighted by atomic mass is 16.5. The number of benzene rings is 3. The number of aromatic hydroxyl groups is 1. The SMILES string of the molecule is CCC(Cc1ccc(OCCN2CCCCCCC2)cc1)Nc1cc(OC)ccc1C1CCc2cc(O)ccc2C1. The Kier molecular flexibility index (Phi) is 10.5. The number of nitrogens with one attached hydrogen (secondary N) is 1. The van der Waals surface area contributed by atoms with Gasteiger partial charge in [-0.15, -0.1) is 0 Å². The van der Waals surface area contributed by atoms with Crippen molar-refractivity contribution >= 4 is 5.69 Å². The van der Waals surface area contributed by atoms with E-state index < -0.39 is 0 Å². The van der Waals surface area contributed by atoms with E-state index >= 15 is 0 Å². The van der Waals surface area contributed by atoms with Crippen molar-refractivity contribution in [2.45, 2.75) is 83.1 Å². The zero-order valence-corrected chi connectivity index (χ0v) is 25.0. The smallest absolute Gasteiger partial charge is 0.120 e. The molecule has 0 saturated carbocycles. The number of aryl methyl sites for hydroxylation is 1. The predicted octanol–water partition coefficient (Wildman–Crippen LogP) is 7.75. The second-order valence-corrected chi connectivity index (χ2v) is 11.9. The number of phenols is 1. The molecule has 220 valence electrons. The van der Waals surface area contributed by atoms with E-state index in [1.54, 1.807) is 7.11 Å². The van der Waals surface area contributed by atoms with E-state index in [4.69, 9.17) is 9.47 Å². The maximum atomic E-state index is 9.91. The van der Waals surface area contributed by atoms with Crippen LogP contribution >= 0.6 is 0 Å². The van der Waals surface area contributed by atoms with Crippen LogP contribution in [0, 0.1) is 0 Å². The molecule has 3 aromatic carbocycles. The van der Waals surface area contributed by atoms with Gasteiger partial charge in [0.25, 0.3) is 0 Å². The molecular formula is C36H48N2O3. The van der Waals surface area contributed by atoms with Gasteiger partial charge in [0.1, 0.15) is 23.9 Å². The van der Waals surface area contributed by atoms with E-state index in [2.05, 4.69) is 65.7 Å². The van der Waals surface area contributed by atoms with Crippen molar-refractivity contribution in [1.29, 1.82) is 0 Å². The molecule has 1 aliphatic heterocycles. The second-order valence-electron chi connectivity index (χ2n) is 11.9. The van der Waals surface area contributed by atoms with E-state index in [1.807, 2.05) is 12.1 Å². The van der Waals surface area contributed by atoms with Crippen LogP contribution in [0.3, 0.4) is 0 Å². The summed E-state index contributed by atoms with van der Waals surface area (Å²) < 4.78 is 11.7. The molecule has 0 bridgehead atoms. The van der Waals surface area contributed by atoms with Crippen LogP contribution in [0.4, 0.5) is 5.69 Å². The average Bonchev–Trinajstić information content (AvgIpc) is 2.98. The molecule has 5 rings (SSSR count). The van der Waals surface area contributed by atoms with Crippen LogP contribution < -0.4 is 14.8 Å². The third-order valence-corrected chi connectivity index (χ3v) is 9.00. The lowest BCUT2D eigenvalue weighted by atomic mass is 9.79. The maximum absolute atomic E-state index is 9.91. The molecule has 1 fully saturated rings. The van der Waals surface area contributed by atoms with Gasteiger partial charge in [0.05, 0.1) is 7.11 Å². The monoisotopic (exact) mass is 556 g/mol. The molecule has 3 aromatic rings. The number of hydrogen-bond acceptors (Lipinski definition) is 5. The summed E-state index contributed by atoms with van der Waals surface area (Å²) in [7, 11) is 1.73. The number of nitrogens with zero attached hydrogens (tertiary/aromatic N) is 1. The summed E-state index contributed by atoms with van der Waals surface area (Å²) in [5.74, 6) is 2.64. The van der Waals surface area contributed by atoms with E-state index in [0.29, 0.717) is 17.7 Å². The van der Waals surface area contributed by atoms with Crippen molar-refractivity contribution in [2.75, 3.05) is 38.7 Å². The molecule has 2 aliphatic rings. The van der Waals surface area contributed by atoms with Crippen LogP contribution in [0.5, 0.6) is 17.2 Å². The highest BCUT2D eigenvalue weighted by Crippen LogP contribution is 2.39. The van der Waals surface area contributed by atoms with Crippen LogP contribution in [0.15, 0.2) is 60.7 Å². The molecule has 41 heavy (non-hydrogen) atoms. The van der Waals surface area contributed by atoms with Crippen molar-refractivity contribution in [2.24, 2.45) is 0 Å². The van der Waals surface area contributed by atoms with Gasteiger partial charge in [-0.25, -0.2) is 0 Å². The molecule has 0 amide bonds. The third-order valence-electron chi connectivity index (χ3n) is 9.00. The summed E-state index contributed by atoms with van der Waals surface area (Å²) in [5, 5.41) is 13.8.